The summed E-state index contributed by atoms with van der Waals surface area (Å²) in [6.45, 7) is 7.66. The van der Waals surface area contributed by atoms with Gasteiger partial charge in [-0.1, -0.05) is 6.08 Å². The summed E-state index contributed by atoms with van der Waals surface area (Å²) in [4.78, 5) is 2.36. The van der Waals surface area contributed by atoms with E-state index in [2.05, 4.69) is 16.8 Å². The van der Waals surface area contributed by atoms with Gasteiger partial charge in [-0.3, -0.25) is 4.90 Å². The Morgan fingerprint density at radius 1 is 1.73 bits per heavy atom. The van der Waals surface area contributed by atoms with Crippen molar-refractivity contribution < 1.29 is 0 Å². The number of nitrogens with zero attached hydrogens (tertiary/aromatic N) is 1. The first kappa shape index (κ1) is 8.71. The molecule has 1 fully saturated rings. The van der Waals surface area contributed by atoms with Crippen LogP contribution in [0.5, 0.6) is 0 Å². The highest BCUT2D eigenvalue weighted by Crippen LogP contribution is 2.05. The normalized spacial score (nSPS) is 25.7. The van der Waals surface area contributed by atoms with Gasteiger partial charge in [-0.2, -0.15) is 0 Å². The SMILES string of the molecule is C=CCC1NCCN1CCN. The topological polar surface area (TPSA) is 41.3 Å². The minimum Gasteiger partial charge on any atom is -0.329 e. The van der Waals surface area contributed by atoms with E-state index in [1.165, 1.54) is 0 Å². The molecule has 0 aliphatic carbocycles. The molecule has 0 saturated carbocycles. The fourth-order valence-electron chi connectivity index (χ4n) is 1.48. The summed E-state index contributed by atoms with van der Waals surface area (Å²) < 4.78 is 0. The lowest BCUT2D eigenvalue weighted by Crippen LogP contribution is -2.38. The van der Waals surface area contributed by atoms with Gasteiger partial charge in [0.1, 0.15) is 0 Å². The summed E-state index contributed by atoms with van der Waals surface area (Å²) in [5.41, 5.74) is 5.47. The summed E-state index contributed by atoms with van der Waals surface area (Å²) in [6, 6.07) is 0. The zero-order chi connectivity index (χ0) is 8.10. The first-order valence-corrected chi connectivity index (χ1v) is 4.17. The van der Waals surface area contributed by atoms with E-state index in [1.54, 1.807) is 0 Å². The average Bonchev–Trinajstić information content (AvgIpc) is 2.39. The summed E-state index contributed by atoms with van der Waals surface area (Å²) >= 11 is 0. The van der Waals surface area contributed by atoms with Crippen molar-refractivity contribution in [2.45, 2.75) is 12.6 Å². The molecule has 1 rings (SSSR count). The van der Waals surface area contributed by atoms with Crippen LogP contribution in [0.15, 0.2) is 12.7 Å². The fourth-order valence-corrected chi connectivity index (χ4v) is 1.48. The predicted octanol–water partition coefficient (Wildman–Crippen LogP) is -0.247. The van der Waals surface area contributed by atoms with E-state index in [0.717, 1.165) is 32.6 Å². The molecule has 3 nitrogen and oxygen atoms in total. The van der Waals surface area contributed by atoms with Crippen LogP contribution in [-0.4, -0.2) is 37.2 Å². The lowest BCUT2D eigenvalue weighted by atomic mass is 10.3. The summed E-state index contributed by atoms with van der Waals surface area (Å²) in [5, 5.41) is 3.39. The van der Waals surface area contributed by atoms with Gasteiger partial charge in [0.15, 0.2) is 0 Å². The molecule has 0 aromatic rings. The third-order valence-electron chi connectivity index (χ3n) is 2.03. The molecule has 1 heterocycles. The highest BCUT2D eigenvalue weighted by Gasteiger charge is 2.20. The molecule has 3 heteroatoms. The van der Waals surface area contributed by atoms with Crippen LogP contribution < -0.4 is 11.1 Å². The molecular weight excluding hydrogens is 138 g/mol. The van der Waals surface area contributed by atoms with Crippen LogP contribution in [0.2, 0.25) is 0 Å². The van der Waals surface area contributed by atoms with Crippen LogP contribution in [0.25, 0.3) is 0 Å². The van der Waals surface area contributed by atoms with E-state index in [1.807, 2.05) is 6.08 Å². The highest BCUT2D eigenvalue weighted by molar-refractivity contribution is 4.83. The third kappa shape index (κ3) is 2.29. The number of hydrogen-bond donors (Lipinski definition) is 2. The first-order valence-electron chi connectivity index (χ1n) is 4.17. The number of rotatable bonds is 4. The molecule has 0 amide bonds. The molecule has 11 heavy (non-hydrogen) atoms. The van der Waals surface area contributed by atoms with Crippen molar-refractivity contribution in [3.8, 4) is 0 Å². The van der Waals surface area contributed by atoms with Crippen molar-refractivity contribution >= 4 is 0 Å². The van der Waals surface area contributed by atoms with Crippen molar-refractivity contribution in [1.29, 1.82) is 0 Å². The Labute approximate surface area is 68.2 Å². The molecule has 1 aliphatic rings. The second-order valence-corrected chi connectivity index (χ2v) is 2.82. The van der Waals surface area contributed by atoms with E-state index >= 15 is 0 Å². The maximum Gasteiger partial charge on any atom is 0.0633 e. The van der Waals surface area contributed by atoms with Gasteiger partial charge >= 0.3 is 0 Å². The van der Waals surface area contributed by atoms with E-state index in [4.69, 9.17) is 5.73 Å². The van der Waals surface area contributed by atoms with Gasteiger partial charge in [0.25, 0.3) is 0 Å². The molecule has 1 unspecified atom stereocenters. The Bertz CT molecular complexity index is 125. The van der Waals surface area contributed by atoms with Crippen LogP contribution >= 0.6 is 0 Å². The highest BCUT2D eigenvalue weighted by atomic mass is 15.3. The summed E-state index contributed by atoms with van der Waals surface area (Å²) in [7, 11) is 0. The van der Waals surface area contributed by atoms with Crippen LogP contribution in [-0.2, 0) is 0 Å². The maximum atomic E-state index is 5.47. The molecule has 0 bridgehead atoms. The van der Waals surface area contributed by atoms with Crippen molar-refractivity contribution in [1.82, 2.24) is 10.2 Å². The molecule has 3 N–H and O–H groups in total. The van der Waals surface area contributed by atoms with E-state index in [0.29, 0.717) is 6.17 Å². The Morgan fingerprint density at radius 2 is 2.55 bits per heavy atom. The standard InChI is InChI=1S/C8H17N3/c1-2-3-8-10-5-7-11(8)6-4-9/h2,8,10H,1,3-7,9H2. The van der Waals surface area contributed by atoms with Crippen molar-refractivity contribution in [2.24, 2.45) is 5.73 Å². The van der Waals surface area contributed by atoms with Gasteiger partial charge in [0.05, 0.1) is 6.17 Å². The molecule has 1 aliphatic heterocycles. The molecule has 0 aromatic heterocycles. The predicted molar refractivity (Wildman–Crippen MR) is 47.2 cm³/mol. The monoisotopic (exact) mass is 155 g/mol. The second-order valence-electron chi connectivity index (χ2n) is 2.82. The fraction of sp³-hybridized carbons (Fsp3) is 0.750. The third-order valence-corrected chi connectivity index (χ3v) is 2.03. The molecule has 0 spiro atoms. The van der Waals surface area contributed by atoms with Crippen LogP contribution in [0, 0.1) is 0 Å². The average molecular weight is 155 g/mol. The van der Waals surface area contributed by atoms with Gasteiger partial charge < -0.3 is 11.1 Å². The second kappa shape index (κ2) is 4.49. The molecule has 0 radical (unpaired) electrons. The zero-order valence-electron chi connectivity index (χ0n) is 6.92. The number of nitrogens with two attached hydrogens (primary N) is 1. The van der Waals surface area contributed by atoms with Gasteiger partial charge in [-0.05, 0) is 6.42 Å². The van der Waals surface area contributed by atoms with Crippen LogP contribution in [0.1, 0.15) is 6.42 Å². The lowest BCUT2D eigenvalue weighted by molar-refractivity contribution is 0.250. The molecule has 1 saturated heterocycles. The molecular formula is C8H17N3. The van der Waals surface area contributed by atoms with Gasteiger partial charge in [-0.15, -0.1) is 6.58 Å². The number of nitrogens with one attached hydrogen (secondary N) is 1. The Kier molecular flexibility index (Phi) is 3.56. The van der Waals surface area contributed by atoms with E-state index in [-0.39, 0.29) is 0 Å². The van der Waals surface area contributed by atoms with Gasteiger partial charge in [-0.25, -0.2) is 0 Å². The zero-order valence-corrected chi connectivity index (χ0v) is 6.92. The van der Waals surface area contributed by atoms with E-state index < -0.39 is 0 Å². The summed E-state index contributed by atoms with van der Waals surface area (Å²) in [6.07, 6.45) is 3.45. The van der Waals surface area contributed by atoms with Crippen LogP contribution in [0.4, 0.5) is 0 Å². The van der Waals surface area contributed by atoms with Gasteiger partial charge in [0, 0.05) is 26.2 Å². The largest absolute Gasteiger partial charge is 0.329 e. The van der Waals surface area contributed by atoms with Crippen molar-refractivity contribution in [3.63, 3.8) is 0 Å². The minimum absolute atomic E-state index is 0.482. The van der Waals surface area contributed by atoms with Crippen molar-refractivity contribution in [3.05, 3.63) is 12.7 Å². The first-order chi connectivity index (χ1) is 5.38. The minimum atomic E-state index is 0.482. The lowest BCUT2D eigenvalue weighted by Gasteiger charge is -2.21. The molecule has 0 aromatic carbocycles. The van der Waals surface area contributed by atoms with E-state index in [9.17, 15) is 0 Å². The maximum absolute atomic E-state index is 5.47. The Morgan fingerprint density at radius 3 is 3.18 bits per heavy atom. The molecule has 64 valence electrons. The smallest absolute Gasteiger partial charge is 0.0633 e. The molecule has 1 atom stereocenters. The Hall–Kier alpha value is -0.380. The summed E-state index contributed by atoms with van der Waals surface area (Å²) in [5.74, 6) is 0. The van der Waals surface area contributed by atoms with Crippen LogP contribution in [0.3, 0.4) is 0 Å². The Balaban J connectivity index is 2.31. The van der Waals surface area contributed by atoms with Gasteiger partial charge in [0.2, 0.25) is 0 Å². The van der Waals surface area contributed by atoms with Crippen molar-refractivity contribution in [2.75, 3.05) is 26.2 Å². The quantitative estimate of drug-likeness (QED) is 0.550. The number of hydrogen-bond acceptors (Lipinski definition) is 3.